The molecule has 3 rings (SSSR count). The van der Waals surface area contributed by atoms with E-state index in [2.05, 4.69) is 45.4 Å². The molecule has 5 heteroatoms. The summed E-state index contributed by atoms with van der Waals surface area (Å²) in [4.78, 5) is 17.0. The van der Waals surface area contributed by atoms with E-state index < -0.39 is 0 Å². The number of benzene rings is 2. The Morgan fingerprint density at radius 3 is 2.45 bits per heavy atom. The number of piperazine rings is 1. The second kappa shape index (κ2) is 11.4. The van der Waals surface area contributed by atoms with E-state index >= 15 is 0 Å². The van der Waals surface area contributed by atoms with E-state index in [0.717, 1.165) is 50.6 Å². The molecule has 1 aliphatic heterocycles. The monoisotopic (exact) mass is 393 g/mol. The molecule has 0 bridgehead atoms. The topological polar surface area (TPSA) is 44.8 Å². The Bertz CT molecular complexity index is 784. The Labute approximate surface area is 174 Å². The van der Waals surface area contributed by atoms with Gasteiger partial charge in [0.25, 0.3) is 0 Å². The van der Waals surface area contributed by atoms with E-state index in [1.165, 1.54) is 5.56 Å². The van der Waals surface area contributed by atoms with Crippen LogP contribution >= 0.6 is 0 Å². The Balaban J connectivity index is 1.35. The Hall–Kier alpha value is -2.63. The SMILES string of the molecule is CCOc1ccccc1/C=C/C(=O)NCCN1CCN(Cc2ccccc2)CC1. The lowest BCUT2D eigenvalue weighted by molar-refractivity contribution is -0.116. The number of para-hydroxylation sites is 1. The van der Waals surface area contributed by atoms with Gasteiger partial charge in [0.2, 0.25) is 5.91 Å². The van der Waals surface area contributed by atoms with Gasteiger partial charge in [0, 0.05) is 57.5 Å². The van der Waals surface area contributed by atoms with Crippen molar-refractivity contribution in [3.8, 4) is 5.75 Å². The Kier molecular flexibility index (Phi) is 8.28. The van der Waals surface area contributed by atoms with Crippen LogP contribution in [-0.2, 0) is 11.3 Å². The number of carbonyl (C=O) groups excluding carboxylic acids is 1. The molecule has 0 atom stereocenters. The van der Waals surface area contributed by atoms with Crippen molar-refractivity contribution in [1.82, 2.24) is 15.1 Å². The first-order valence-corrected chi connectivity index (χ1v) is 10.4. The molecule has 0 unspecified atom stereocenters. The predicted molar refractivity (Wildman–Crippen MR) is 118 cm³/mol. The number of hydrogen-bond acceptors (Lipinski definition) is 4. The van der Waals surface area contributed by atoms with Crippen LogP contribution in [0, 0.1) is 0 Å². The molecule has 5 nitrogen and oxygen atoms in total. The Morgan fingerprint density at radius 2 is 1.69 bits per heavy atom. The van der Waals surface area contributed by atoms with Gasteiger partial charge in [0.15, 0.2) is 0 Å². The van der Waals surface area contributed by atoms with Gasteiger partial charge in [-0.3, -0.25) is 14.6 Å². The van der Waals surface area contributed by atoms with Gasteiger partial charge in [0.05, 0.1) is 6.61 Å². The average molecular weight is 394 g/mol. The van der Waals surface area contributed by atoms with Crippen molar-refractivity contribution >= 4 is 12.0 Å². The van der Waals surface area contributed by atoms with Crippen LogP contribution in [-0.4, -0.2) is 61.6 Å². The number of amides is 1. The highest BCUT2D eigenvalue weighted by Crippen LogP contribution is 2.19. The van der Waals surface area contributed by atoms with Crippen molar-refractivity contribution in [3.63, 3.8) is 0 Å². The number of hydrogen-bond donors (Lipinski definition) is 1. The smallest absolute Gasteiger partial charge is 0.244 e. The maximum atomic E-state index is 12.1. The van der Waals surface area contributed by atoms with Gasteiger partial charge >= 0.3 is 0 Å². The number of carbonyl (C=O) groups is 1. The van der Waals surface area contributed by atoms with Crippen LogP contribution < -0.4 is 10.1 Å². The molecule has 0 spiro atoms. The van der Waals surface area contributed by atoms with E-state index in [-0.39, 0.29) is 5.91 Å². The van der Waals surface area contributed by atoms with Crippen LogP contribution in [0.4, 0.5) is 0 Å². The third-order valence-electron chi connectivity index (χ3n) is 5.07. The van der Waals surface area contributed by atoms with Crippen LogP contribution in [0.15, 0.2) is 60.7 Å². The van der Waals surface area contributed by atoms with Gasteiger partial charge in [-0.2, -0.15) is 0 Å². The molecule has 0 aliphatic carbocycles. The number of ether oxygens (including phenoxy) is 1. The number of nitrogens with one attached hydrogen (secondary N) is 1. The summed E-state index contributed by atoms with van der Waals surface area (Å²) in [6.07, 6.45) is 3.39. The van der Waals surface area contributed by atoms with Crippen LogP contribution in [0.25, 0.3) is 6.08 Å². The van der Waals surface area contributed by atoms with Crippen molar-refractivity contribution in [2.45, 2.75) is 13.5 Å². The summed E-state index contributed by atoms with van der Waals surface area (Å²) in [5.74, 6) is 0.728. The molecule has 0 radical (unpaired) electrons. The highest BCUT2D eigenvalue weighted by Gasteiger charge is 2.16. The zero-order chi connectivity index (χ0) is 20.3. The largest absolute Gasteiger partial charge is 0.493 e. The number of rotatable bonds is 9. The molecule has 1 saturated heterocycles. The highest BCUT2D eigenvalue weighted by molar-refractivity contribution is 5.92. The van der Waals surface area contributed by atoms with Crippen molar-refractivity contribution in [3.05, 3.63) is 71.8 Å². The lowest BCUT2D eigenvalue weighted by atomic mass is 10.2. The summed E-state index contributed by atoms with van der Waals surface area (Å²) in [5, 5.41) is 2.98. The van der Waals surface area contributed by atoms with Crippen molar-refractivity contribution in [1.29, 1.82) is 0 Å². The zero-order valence-corrected chi connectivity index (χ0v) is 17.2. The van der Waals surface area contributed by atoms with Gasteiger partial charge < -0.3 is 10.1 Å². The summed E-state index contributed by atoms with van der Waals surface area (Å²) < 4.78 is 5.58. The quantitative estimate of drug-likeness (QED) is 0.665. The first kappa shape index (κ1) is 21.1. The molecular weight excluding hydrogens is 362 g/mol. The third-order valence-corrected chi connectivity index (χ3v) is 5.07. The highest BCUT2D eigenvalue weighted by atomic mass is 16.5. The minimum Gasteiger partial charge on any atom is -0.493 e. The van der Waals surface area contributed by atoms with Gasteiger partial charge in [-0.1, -0.05) is 48.5 Å². The third kappa shape index (κ3) is 7.04. The molecule has 29 heavy (non-hydrogen) atoms. The molecule has 1 amide bonds. The van der Waals surface area contributed by atoms with E-state index in [1.807, 2.05) is 37.3 Å². The standard InChI is InChI=1S/C24H31N3O2/c1-2-29-23-11-7-6-10-22(23)12-13-24(28)25-14-15-26-16-18-27(19-17-26)20-21-8-4-3-5-9-21/h3-13H,2,14-20H2,1H3,(H,25,28)/b13-12+. The average Bonchev–Trinajstić information content (AvgIpc) is 2.75. The molecule has 1 aliphatic rings. The fraction of sp³-hybridized carbons (Fsp3) is 0.375. The first-order chi connectivity index (χ1) is 14.2. The molecule has 2 aromatic rings. The second-order valence-electron chi connectivity index (χ2n) is 7.20. The molecule has 1 N–H and O–H groups in total. The molecule has 1 heterocycles. The van der Waals surface area contributed by atoms with Crippen molar-refractivity contribution in [2.75, 3.05) is 45.9 Å². The van der Waals surface area contributed by atoms with E-state index in [1.54, 1.807) is 6.08 Å². The molecule has 1 fully saturated rings. The maximum Gasteiger partial charge on any atom is 0.244 e. The van der Waals surface area contributed by atoms with Gasteiger partial charge in [0.1, 0.15) is 5.75 Å². The molecule has 2 aromatic carbocycles. The summed E-state index contributed by atoms with van der Waals surface area (Å²) in [6.45, 7) is 9.33. The first-order valence-electron chi connectivity index (χ1n) is 10.4. The van der Waals surface area contributed by atoms with Crippen LogP contribution in [0.5, 0.6) is 5.75 Å². The van der Waals surface area contributed by atoms with Crippen LogP contribution in [0.1, 0.15) is 18.1 Å². The van der Waals surface area contributed by atoms with Gasteiger partial charge in [-0.05, 0) is 24.6 Å². The number of nitrogens with zero attached hydrogens (tertiary/aromatic N) is 2. The van der Waals surface area contributed by atoms with E-state index in [0.29, 0.717) is 13.2 Å². The van der Waals surface area contributed by atoms with E-state index in [4.69, 9.17) is 4.74 Å². The fourth-order valence-electron chi connectivity index (χ4n) is 3.48. The summed E-state index contributed by atoms with van der Waals surface area (Å²) in [6, 6.07) is 18.4. The zero-order valence-electron chi connectivity index (χ0n) is 17.2. The lowest BCUT2D eigenvalue weighted by Crippen LogP contribution is -2.47. The summed E-state index contributed by atoms with van der Waals surface area (Å²) in [7, 11) is 0. The van der Waals surface area contributed by atoms with Crippen LogP contribution in [0.3, 0.4) is 0 Å². The predicted octanol–water partition coefficient (Wildman–Crippen LogP) is 3.03. The summed E-state index contributed by atoms with van der Waals surface area (Å²) in [5.41, 5.74) is 2.28. The van der Waals surface area contributed by atoms with Crippen molar-refractivity contribution < 1.29 is 9.53 Å². The van der Waals surface area contributed by atoms with E-state index in [9.17, 15) is 4.79 Å². The molecular formula is C24H31N3O2. The van der Waals surface area contributed by atoms with Gasteiger partial charge in [-0.15, -0.1) is 0 Å². The lowest BCUT2D eigenvalue weighted by Gasteiger charge is -2.34. The van der Waals surface area contributed by atoms with Crippen molar-refractivity contribution in [2.24, 2.45) is 0 Å². The van der Waals surface area contributed by atoms with Crippen LogP contribution in [0.2, 0.25) is 0 Å². The maximum absolute atomic E-state index is 12.1. The van der Waals surface area contributed by atoms with Gasteiger partial charge in [-0.25, -0.2) is 0 Å². The molecule has 154 valence electrons. The minimum absolute atomic E-state index is 0.0704. The summed E-state index contributed by atoms with van der Waals surface area (Å²) >= 11 is 0. The molecule has 0 saturated carbocycles. The molecule has 0 aromatic heterocycles. The fourth-order valence-corrected chi connectivity index (χ4v) is 3.48. The minimum atomic E-state index is -0.0704. The second-order valence-corrected chi connectivity index (χ2v) is 7.20. The normalized spacial score (nSPS) is 15.5. The Morgan fingerprint density at radius 1 is 1.00 bits per heavy atom.